The lowest BCUT2D eigenvalue weighted by atomic mass is 9.76. The minimum Gasteiger partial charge on any atom is -0.490 e. The number of hydrogen-bond donors (Lipinski definition) is 3. The predicted octanol–water partition coefficient (Wildman–Crippen LogP) is 2.48. The fraction of sp³-hybridized carbons (Fsp3) is 0.500. The van der Waals surface area contributed by atoms with Crippen LogP contribution >= 0.6 is 0 Å². The summed E-state index contributed by atoms with van der Waals surface area (Å²) in [7, 11) is 0. The molecule has 6 rings (SSSR count). The van der Waals surface area contributed by atoms with E-state index < -0.39 is 18.1 Å². The quantitative estimate of drug-likeness (QED) is 0.505. The summed E-state index contributed by atoms with van der Waals surface area (Å²) in [6.07, 6.45) is 1.03. The Morgan fingerprint density at radius 1 is 1.11 bits per heavy atom. The number of amides is 2. The van der Waals surface area contributed by atoms with Gasteiger partial charge in [-0.05, 0) is 42.3 Å². The van der Waals surface area contributed by atoms with Crippen molar-refractivity contribution in [3.63, 3.8) is 0 Å². The molecule has 4 atom stereocenters. The topological polar surface area (TPSA) is 125 Å². The van der Waals surface area contributed by atoms with E-state index in [1.54, 1.807) is 0 Å². The van der Waals surface area contributed by atoms with E-state index in [1.165, 1.54) is 0 Å². The molecule has 2 fully saturated rings. The molecule has 3 N–H and O–H groups in total. The molecule has 10 nitrogen and oxygen atoms in total. The molecule has 202 valence electrons. The van der Waals surface area contributed by atoms with Gasteiger partial charge in [0.05, 0.1) is 44.4 Å². The molecule has 4 heterocycles. The maximum atomic E-state index is 13.2. The average molecular weight is 525 g/mol. The van der Waals surface area contributed by atoms with Gasteiger partial charge in [-0.15, -0.1) is 0 Å². The van der Waals surface area contributed by atoms with E-state index in [0.717, 1.165) is 29.7 Å². The molecule has 0 spiro atoms. The Bertz CT molecular complexity index is 1200. The minimum absolute atomic E-state index is 0.0439. The maximum absolute atomic E-state index is 13.2. The van der Waals surface area contributed by atoms with Gasteiger partial charge in [-0.25, -0.2) is 0 Å². The van der Waals surface area contributed by atoms with Crippen molar-refractivity contribution in [2.24, 2.45) is 5.92 Å². The zero-order valence-corrected chi connectivity index (χ0v) is 21.0. The van der Waals surface area contributed by atoms with E-state index in [2.05, 4.69) is 10.6 Å². The molecule has 0 unspecified atom stereocenters. The average Bonchev–Trinajstić information content (AvgIpc) is 3.37. The van der Waals surface area contributed by atoms with Gasteiger partial charge in [-0.3, -0.25) is 9.59 Å². The highest BCUT2D eigenvalue weighted by atomic mass is 16.7. The number of fused-ring (bicyclic) bond motifs is 5. The lowest BCUT2D eigenvalue weighted by Gasteiger charge is -2.40. The van der Waals surface area contributed by atoms with E-state index in [1.807, 2.05) is 36.4 Å². The van der Waals surface area contributed by atoms with E-state index in [9.17, 15) is 14.7 Å². The van der Waals surface area contributed by atoms with Crippen LogP contribution in [0, 0.1) is 5.92 Å². The third-order valence-electron chi connectivity index (χ3n) is 7.68. The van der Waals surface area contributed by atoms with E-state index in [4.69, 9.17) is 23.7 Å². The second kappa shape index (κ2) is 10.8. The maximum Gasteiger partial charge on any atom is 0.231 e. The summed E-state index contributed by atoms with van der Waals surface area (Å²) in [6.45, 7) is 1.53. The Labute approximate surface area is 220 Å². The number of aliphatic hydroxyl groups is 1. The zero-order chi connectivity index (χ0) is 26.1. The Morgan fingerprint density at radius 2 is 1.95 bits per heavy atom. The standard InChI is InChI=1S/C28H32N2O8/c31-14-25-27-21(20-10-17(30-28(27)33)2-4-22(20)37-18-5-7-34-8-6-18)11-19(38-25)12-26(32)29-13-16-1-3-23-24(9-16)36-15-35-23/h1-4,9-10,18-19,21,25,27,31H,5-8,11-15H2,(H,29,32)(H,30,33)/t19-,21-,25+,27+/m0/s1. The van der Waals surface area contributed by atoms with Crippen LogP contribution < -0.4 is 24.8 Å². The van der Waals surface area contributed by atoms with Crippen LogP contribution in [0.2, 0.25) is 0 Å². The Kier molecular flexibility index (Phi) is 7.10. The third kappa shape index (κ3) is 5.16. The second-order valence-corrected chi connectivity index (χ2v) is 10.2. The van der Waals surface area contributed by atoms with Crippen LogP contribution in [-0.4, -0.2) is 61.8 Å². The minimum atomic E-state index is -0.731. The molecule has 2 aromatic rings. The zero-order valence-electron chi connectivity index (χ0n) is 21.0. The monoisotopic (exact) mass is 524 g/mol. The molecule has 2 saturated heterocycles. The summed E-state index contributed by atoms with van der Waals surface area (Å²) >= 11 is 0. The van der Waals surface area contributed by atoms with Gasteiger partial charge < -0.3 is 39.4 Å². The fourth-order valence-electron chi connectivity index (χ4n) is 5.79. The number of ether oxygens (including phenoxy) is 5. The summed E-state index contributed by atoms with van der Waals surface area (Å²) in [5.41, 5.74) is 2.49. The number of benzene rings is 2. The van der Waals surface area contributed by atoms with Crippen LogP contribution in [0.5, 0.6) is 17.2 Å². The van der Waals surface area contributed by atoms with Crippen LogP contribution in [0.25, 0.3) is 0 Å². The van der Waals surface area contributed by atoms with Gasteiger partial charge in [0.15, 0.2) is 11.5 Å². The Balaban J connectivity index is 1.16. The molecule has 0 saturated carbocycles. The van der Waals surface area contributed by atoms with Crippen molar-refractivity contribution in [3.8, 4) is 17.2 Å². The number of carbonyl (C=O) groups excluding carboxylic acids is 2. The van der Waals surface area contributed by atoms with Crippen LogP contribution in [-0.2, 0) is 25.6 Å². The number of anilines is 1. The highest BCUT2D eigenvalue weighted by Crippen LogP contribution is 2.46. The fourth-order valence-corrected chi connectivity index (χ4v) is 5.79. The molecule has 10 heteroatoms. The molecule has 0 aromatic heterocycles. The first-order chi connectivity index (χ1) is 18.6. The molecule has 38 heavy (non-hydrogen) atoms. The first kappa shape index (κ1) is 25.0. The largest absolute Gasteiger partial charge is 0.490 e. The number of carbonyl (C=O) groups is 2. The van der Waals surface area contributed by atoms with E-state index in [0.29, 0.717) is 43.4 Å². The second-order valence-electron chi connectivity index (χ2n) is 10.2. The van der Waals surface area contributed by atoms with Gasteiger partial charge in [0, 0.05) is 36.6 Å². The van der Waals surface area contributed by atoms with E-state index >= 15 is 0 Å². The highest BCUT2D eigenvalue weighted by molar-refractivity contribution is 5.95. The molecule has 0 aliphatic carbocycles. The van der Waals surface area contributed by atoms with Gasteiger partial charge in [-0.2, -0.15) is 0 Å². The third-order valence-corrected chi connectivity index (χ3v) is 7.68. The van der Waals surface area contributed by atoms with Crippen molar-refractivity contribution in [2.75, 3.05) is 31.9 Å². The summed E-state index contributed by atoms with van der Waals surface area (Å²) in [4.78, 5) is 26.1. The molecule has 4 aliphatic rings. The lowest BCUT2D eigenvalue weighted by molar-refractivity contribution is -0.148. The van der Waals surface area contributed by atoms with Gasteiger partial charge >= 0.3 is 0 Å². The predicted molar refractivity (Wildman–Crippen MR) is 135 cm³/mol. The van der Waals surface area contributed by atoms with Gasteiger partial charge in [0.1, 0.15) is 11.9 Å². The molecule has 2 aromatic carbocycles. The number of nitrogens with one attached hydrogen (secondary N) is 2. The molecule has 4 aliphatic heterocycles. The molecule has 0 radical (unpaired) electrons. The number of aliphatic hydroxyl groups excluding tert-OH is 1. The van der Waals surface area contributed by atoms with Crippen LogP contribution in [0.15, 0.2) is 36.4 Å². The van der Waals surface area contributed by atoms with Crippen molar-refractivity contribution in [1.29, 1.82) is 0 Å². The van der Waals surface area contributed by atoms with Crippen molar-refractivity contribution >= 4 is 17.5 Å². The van der Waals surface area contributed by atoms with Crippen LogP contribution in [0.4, 0.5) is 5.69 Å². The smallest absolute Gasteiger partial charge is 0.231 e. The van der Waals surface area contributed by atoms with Crippen molar-refractivity contribution in [3.05, 3.63) is 47.5 Å². The van der Waals surface area contributed by atoms with Gasteiger partial charge in [-0.1, -0.05) is 6.07 Å². The van der Waals surface area contributed by atoms with Crippen molar-refractivity contribution in [2.45, 2.75) is 56.5 Å². The van der Waals surface area contributed by atoms with Crippen LogP contribution in [0.3, 0.4) is 0 Å². The summed E-state index contributed by atoms with van der Waals surface area (Å²) in [5.74, 6) is 0.867. The lowest BCUT2D eigenvalue weighted by Crippen LogP contribution is -2.48. The molecule has 2 amide bonds. The first-order valence-electron chi connectivity index (χ1n) is 13.2. The van der Waals surface area contributed by atoms with Gasteiger partial charge in [0.25, 0.3) is 0 Å². The van der Waals surface area contributed by atoms with Gasteiger partial charge in [0.2, 0.25) is 18.6 Å². The van der Waals surface area contributed by atoms with Crippen molar-refractivity contribution in [1.82, 2.24) is 5.32 Å². The van der Waals surface area contributed by atoms with Crippen molar-refractivity contribution < 1.29 is 38.4 Å². The molecule has 2 bridgehead atoms. The molecular weight excluding hydrogens is 492 g/mol. The Morgan fingerprint density at radius 3 is 2.79 bits per heavy atom. The SMILES string of the molecule is O=C(C[C@@H]1C[C@H]2c3cc(ccc3OC3CCOCC3)NC(=O)[C@H]2[C@@H](CO)O1)NCc1ccc2c(c1)OCO2. The number of rotatable bonds is 7. The highest BCUT2D eigenvalue weighted by Gasteiger charge is 2.46. The van der Waals surface area contributed by atoms with E-state index in [-0.39, 0.29) is 43.7 Å². The first-order valence-corrected chi connectivity index (χ1v) is 13.2. The number of hydrogen-bond acceptors (Lipinski definition) is 8. The summed E-state index contributed by atoms with van der Waals surface area (Å²) < 4.78 is 28.7. The molecular formula is C28H32N2O8. The normalized spacial score (nSPS) is 26.2. The Hall–Kier alpha value is -3.34. The summed E-state index contributed by atoms with van der Waals surface area (Å²) in [6, 6.07) is 11.2. The van der Waals surface area contributed by atoms with Crippen LogP contribution in [0.1, 0.15) is 42.7 Å². The summed E-state index contributed by atoms with van der Waals surface area (Å²) in [5, 5.41) is 16.1.